The average Bonchev–Trinajstić information content (AvgIpc) is 2.71. The lowest BCUT2D eigenvalue weighted by Crippen LogP contribution is -2.13. The van der Waals surface area contributed by atoms with Gasteiger partial charge in [-0.1, -0.05) is 19.1 Å². The molecule has 0 aliphatic carbocycles. The lowest BCUT2D eigenvalue weighted by atomic mass is 10.0. The maximum atomic E-state index is 3.54. The van der Waals surface area contributed by atoms with Crippen LogP contribution in [0.5, 0.6) is 0 Å². The zero-order valence-corrected chi connectivity index (χ0v) is 10.7. The molecule has 0 saturated carbocycles. The summed E-state index contributed by atoms with van der Waals surface area (Å²) in [4.78, 5) is 0. The van der Waals surface area contributed by atoms with E-state index in [2.05, 4.69) is 53.0 Å². The minimum atomic E-state index is 0.609. The quantitative estimate of drug-likeness (QED) is 0.827. The van der Waals surface area contributed by atoms with Crippen molar-refractivity contribution in [3.8, 4) is 0 Å². The molecule has 14 heavy (non-hydrogen) atoms. The van der Waals surface area contributed by atoms with E-state index in [4.69, 9.17) is 0 Å². The van der Waals surface area contributed by atoms with Gasteiger partial charge in [0.05, 0.1) is 0 Å². The second kappa shape index (κ2) is 4.62. The largest absolute Gasteiger partial charge is 0.310 e. The molecule has 1 N–H and O–H groups in total. The second-order valence-electron chi connectivity index (χ2n) is 3.85. The maximum absolute atomic E-state index is 3.54. The van der Waals surface area contributed by atoms with E-state index in [0.717, 1.165) is 6.42 Å². The molecule has 1 heterocycles. The van der Waals surface area contributed by atoms with Crippen LogP contribution in [0, 0.1) is 3.57 Å². The van der Waals surface area contributed by atoms with Gasteiger partial charge in [-0.25, -0.2) is 0 Å². The highest BCUT2D eigenvalue weighted by atomic mass is 127. The monoisotopic (exact) mass is 301 g/mol. The SMILES string of the molecule is CCc1cc(C2CCCN2)ccc1I. The predicted molar refractivity (Wildman–Crippen MR) is 68.5 cm³/mol. The normalized spacial score (nSPS) is 21.4. The van der Waals surface area contributed by atoms with Gasteiger partial charge in [-0.15, -0.1) is 0 Å². The van der Waals surface area contributed by atoms with Crippen molar-refractivity contribution in [2.75, 3.05) is 6.54 Å². The highest BCUT2D eigenvalue weighted by Gasteiger charge is 2.16. The summed E-state index contributed by atoms with van der Waals surface area (Å²) in [5.41, 5.74) is 2.96. The topological polar surface area (TPSA) is 12.0 Å². The van der Waals surface area contributed by atoms with Crippen molar-refractivity contribution >= 4 is 22.6 Å². The lowest BCUT2D eigenvalue weighted by Gasteiger charge is -2.12. The van der Waals surface area contributed by atoms with Gasteiger partial charge >= 0.3 is 0 Å². The van der Waals surface area contributed by atoms with E-state index in [1.807, 2.05) is 0 Å². The van der Waals surface area contributed by atoms with E-state index < -0.39 is 0 Å². The number of rotatable bonds is 2. The molecule has 76 valence electrons. The molecule has 1 aliphatic heterocycles. The first-order valence-electron chi connectivity index (χ1n) is 5.33. The predicted octanol–water partition coefficient (Wildman–Crippen LogP) is 3.28. The van der Waals surface area contributed by atoms with Gasteiger partial charge in [-0.05, 0) is 65.6 Å². The van der Waals surface area contributed by atoms with Crippen LogP contribution in [0.25, 0.3) is 0 Å². The van der Waals surface area contributed by atoms with Crippen LogP contribution in [0.4, 0.5) is 0 Å². The van der Waals surface area contributed by atoms with Crippen LogP contribution in [-0.2, 0) is 6.42 Å². The molecule has 1 aliphatic rings. The number of nitrogens with one attached hydrogen (secondary N) is 1. The fourth-order valence-corrected chi connectivity index (χ4v) is 2.77. The lowest BCUT2D eigenvalue weighted by molar-refractivity contribution is 0.646. The summed E-state index contributed by atoms with van der Waals surface area (Å²) < 4.78 is 1.40. The number of hydrogen-bond acceptors (Lipinski definition) is 1. The van der Waals surface area contributed by atoms with E-state index in [1.54, 1.807) is 0 Å². The van der Waals surface area contributed by atoms with Crippen LogP contribution < -0.4 is 5.32 Å². The van der Waals surface area contributed by atoms with Crippen LogP contribution in [0.15, 0.2) is 18.2 Å². The van der Waals surface area contributed by atoms with Crippen LogP contribution >= 0.6 is 22.6 Å². The van der Waals surface area contributed by atoms with Crippen molar-refractivity contribution in [3.05, 3.63) is 32.9 Å². The van der Waals surface area contributed by atoms with Gasteiger partial charge < -0.3 is 5.32 Å². The third-order valence-electron chi connectivity index (χ3n) is 2.91. The molecule has 1 nitrogen and oxygen atoms in total. The second-order valence-corrected chi connectivity index (χ2v) is 5.02. The number of aryl methyl sites for hydroxylation is 1. The van der Waals surface area contributed by atoms with E-state index >= 15 is 0 Å². The summed E-state index contributed by atoms with van der Waals surface area (Å²) in [5, 5.41) is 3.54. The van der Waals surface area contributed by atoms with Crippen LogP contribution in [-0.4, -0.2) is 6.54 Å². The molecule has 0 amide bonds. The van der Waals surface area contributed by atoms with Gasteiger partial charge in [0.1, 0.15) is 0 Å². The molecule has 0 spiro atoms. The van der Waals surface area contributed by atoms with Gasteiger partial charge in [0, 0.05) is 9.61 Å². The molecule has 0 aromatic heterocycles. The first kappa shape index (κ1) is 10.4. The van der Waals surface area contributed by atoms with Crippen LogP contribution in [0.3, 0.4) is 0 Å². The molecule has 0 bridgehead atoms. The number of hydrogen-bond donors (Lipinski definition) is 1. The Morgan fingerprint density at radius 3 is 3.00 bits per heavy atom. The molecular weight excluding hydrogens is 285 g/mol. The number of halogens is 1. The van der Waals surface area contributed by atoms with Crippen LogP contribution in [0.1, 0.15) is 36.9 Å². The summed E-state index contributed by atoms with van der Waals surface area (Å²) in [6.45, 7) is 3.40. The van der Waals surface area contributed by atoms with Crippen molar-refractivity contribution in [2.45, 2.75) is 32.2 Å². The zero-order valence-electron chi connectivity index (χ0n) is 8.52. The van der Waals surface area contributed by atoms with Crippen molar-refractivity contribution in [3.63, 3.8) is 0 Å². The van der Waals surface area contributed by atoms with E-state index in [1.165, 1.54) is 34.1 Å². The highest BCUT2D eigenvalue weighted by Crippen LogP contribution is 2.25. The Labute approximate surface area is 99.4 Å². The third-order valence-corrected chi connectivity index (χ3v) is 3.97. The molecule has 1 aromatic carbocycles. The number of benzene rings is 1. The van der Waals surface area contributed by atoms with Crippen molar-refractivity contribution in [1.82, 2.24) is 5.32 Å². The first-order chi connectivity index (χ1) is 6.81. The molecule has 1 saturated heterocycles. The standard InChI is InChI=1S/C12H16IN/c1-2-9-8-10(5-6-11(9)13)12-4-3-7-14-12/h5-6,8,12,14H,2-4,7H2,1H3. The molecule has 2 rings (SSSR count). The first-order valence-corrected chi connectivity index (χ1v) is 6.41. The summed E-state index contributed by atoms with van der Waals surface area (Å²) in [7, 11) is 0. The Balaban J connectivity index is 2.25. The van der Waals surface area contributed by atoms with E-state index in [9.17, 15) is 0 Å². The van der Waals surface area contributed by atoms with Gasteiger partial charge in [-0.3, -0.25) is 0 Å². The molecule has 1 atom stereocenters. The summed E-state index contributed by atoms with van der Waals surface area (Å²) >= 11 is 2.42. The van der Waals surface area contributed by atoms with Gasteiger partial charge in [0.25, 0.3) is 0 Å². The van der Waals surface area contributed by atoms with Gasteiger partial charge in [0.2, 0.25) is 0 Å². The Hall–Kier alpha value is -0.0900. The van der Waals surface area contributed by atoms with Crippen molar-refractivity contribution in [2.24, 2.45) is 0 Å². The Morgan fingerprint density at radius 1 is 1.50 bits per heavy atom. The smallest absolute Gasteiger partial charge is 0.0320 e. The molecule has 1 fully saturated rings. The molecule has 1 unspecified atom stereocenters. The third kappa shape index (κ3) is 2.11. The van der Waals surface area contributed by atoms with E-state index in [-0.39, 0.29) is 0 Å². The zero-order chi connectivity index (χ0) is 9.97. The molecule has 0 radical (unpaired) electrons. The maximum Gasteiger partial charge on any atom is 0.0320 e. The Bertz CT molecular complexity index is 316. The van der Waals surface area contributed by atoms with Gasteiger partial charge in [-0.2, -0.15) is 0 Å². The Morgan fingerprint density at radius 2 is 2.36 bits per heavy atom. The minimum absolute atomic E-state index is 0.609. The fourth-order valence-electron chi connectivity index (χ4n) is 2.05. The average molecular weight is 301 g/mol. The Kier molecular flexibility index (Phi) is 3.44. The fraction of sp³-hybridized carbons (Fsp3) is 0.500. The summed E-state index contributed by atoms with van der Waals surface area (Å²) in [6.07, 6.45) is 3.75. The van der Waals surface area contributed by atoms with Crippen molar-refractivity contribution in [1.29, 1.82) is 0 Å². The summed E-state index contributed by atoms with van der Waals surface area (Å²) in [5.74, 6) is 0. The minimum Gasteiger partial charge on any atom is -0.310 e. The van der Waals surface area contributed by atoms with E-state index in [0.29, 0.717) is 6.04 Å². The molecule has 1 aromatic rings. The van der Waals surface area contributed by atoms with Gasteiger partial charge in [0.15, 0.2) is 0 Å². The summed E-state index contributed by atoms with van der Waals surface area (Å²) in [6, 6.07) is 7.49. The molecular formula is C12H16IN. The van der Waals surface area contributed by atoms with Crippen molar-refractivity contribution < 1.29 is 0 Å². The highest BCUT2D eigenvalue weighted by molar-refractivity contribution is 14.1. The van der Waals surface area contributed by atoms with Crippen LogP contribution in [0.2, 0.25) is 0 Å². The molecule has 2 heteroatoms.